The van der Waals surface area contributed by atoms with Crippen LogP contribution in [0.15, 0.2) is 23.3 Å². The van der Waals surface area contributed by atoms with E-state index in [4.69, 9.17) is 5.53 Å². The van der Waals surface area contributed by atoms with E-state index in [0.29, 0.717) is 0 Å². The number of hydrogen-bond donors (Lipinski definition) is 0. The summed E-state index contributed by atoms with van der Waals surface area (Å²) < 4.78 is 144. The molecule has 0 aliphatic rings. The number of nitrogens with zero attached hydrogens (tertiary/aromatic N) is 3. The highest BCUT2D eigenvalue weighted by atomic mass is 19.2. The number of carbonyl (C=O) groups excluding carboxylic acids is 2. The monoisotopic (exact) mass is 581 g/mol. The van der Waals surface area contributed by atoms with Crippen molar-refractivity contribution in [1.29, 1.82) is 0 Å². The maximum atomic E-state index is 13.8. The van der Waals surface area contributed by atoms with Gasteiger partial charge in [-0.3, -0.25) is 9.59 Å². The fourth-order valence-corrected chi connectivity index (χ4v) is 3.23. The Balaban J connectivity index is 1.87. The summed E-state index contributed by atoms with van der Waals surface area (Å²) in [5, 5.41) is 3.23. The third-order valence-electron chi connectivity index (χ3n) is 4.90. The van der Waals surface area contributed by atoms with E-state index in [1.165, 1.54) is 0 Å². The molecule has 7 nitrogen and oxygen atoms in total. The van der Waals surface area contributed by atoms with Crippen molar-refractivity contribution in [3.05, 3.63) is 104 Å². The molecule has 0 saturated heterocycles. The van der Waals surface area contributed by atoms with Crippen molar-refractivity contribution < 1.29 is 63.0 Å². The van der Waals surface area contributed by atoms with Gasteiger partial charge >= 0.3 is 11.9 Å². The Morgan fingerprint density at radius 3 is 1.20 bits per heavy atom. The summed E-state index contributed by atoms with van der Waals surface area (Å²) in [6.45, 7) is -0.420. The molecule has 0 radical (unpaired) electrons. The fourth-order valence-electron chi connectivity index (χ4n) is 3.23. The van der Waals surface area contributed by atoms with Gasteiger partial charge in [0, 0.05) is 4.91 Å². The molecule has 0 spiro atoms. The molecule has 0 saturated carbocycles. The number of rotatable bonds is 8. The Morgan fingerprint density at radius 1 is 0.575 bits per heavy atom. The molecule has 40 heavy (non-hydrogen) atoms. The molecule has 0 atom stereocenters. The quantitative estimate of drug-likeness (QED) is 0.0463. The molecular weight excluding hydrogens is 572 g/mol. The lowest BCUT2D eigenvalue weighted by Gasteiger charge is -2.11. The van der Waals surface area contributed by atoms with Gasteiger partial charge in [-0.1, -0.05) is 23.3 Å². The van der Waals surface area contributed by atoms with E-state index in [1.54, 1.807) is 0 Å². The second-order valence-corrected chi connectivity index (χ2v) is 7.65. The second-order valence-electron chi connectivity index (χ2n) is 7.65. The maximum absolute atomic E-state index is 13.8. The number of benzene rings is 3. The molecule has 0 heterocycles. The molecule has 0 aliphatic heterocycles. The predicted molar refractivity (Wildman–Crippen MR) is 110 cm³/mol. The van der Waals surface area contributed by atoms with Crippen molar-refractivity contribution in [3.8, 4) is 11.5 Å². The van der Waals surface area contributed by atoms with E-state index in [2.05, 4.69) is 19.5 Å². The standard InChI is InChI=1S/C23H9F10N3O4/c24-12-14(26)18(30)22(19(31)15(12)27)39-10(37)4-7-1-8(3-9(2-7)6-35-36-34)5-11(38)40-23-20(32)16(28)13(25)17(29)21(23)33/h1-3H,4-6H2. The van der Waals surface area contributed by atoms with E-state index in [-0.39, 0.29) is 16.7 Å². The van der Waals surface area contributed by atoms with Crippen LogP contribution in [0.25, 0.3) is 10.4 Å². The maximum Gasteiger partial charge on any atom is 0.315 e. The molecular formula is C23H9F10N3O4. The van der Waals surface area contributed by atoms with E-state index in [1.807, 2.05) is 0 Å². The Kier molecular flexibility index (Phi) is 8.88. The third kappa shape index (κ3) is 6.09. The van der Waals surface area contributed by atoms with Gasteiger partial charge in [-0.05, 0) is 22.2 Å². The van der Waals surface area contributed by atoms with Crippen LogP contribution in [0.3, 0.4) is 0 Å². The molecule has 210 valence electrons. The van der Waals surface area contributed by atoms with Gasteiger partial charge in [-0.2, -0.15) is 17.6 Å². The van der Waals surface area contributed by atoms with E-state index >= 15 is 0 Å². The highest BCUT2D eigenvalue weighted by molar-refractivity contribution is 5.77. The Labute approximate surface area is 215 Å². The SMILES string of the molecule is [N-]=[N+]=NCc1cc(CC(=O)Oc2c(F)c(F)c(F)c(F)c2F)cc(CC(=O)Oc2c(F)c(F)c(F)c(F)c2F)c1. The number of esters is 2. The lowest BCUT2D eigenvalue weighted by Crippen LogP contribution is -2.17. The summed E-state index contributed by atoms with van der Waals surface area (Å²) >= 11 is 0. The van der Waals surface area contributed by atoms with E-state index in [9.17, 15) is 53.5 Å². The normalized spacial score (nSPS) is 10.8. The summed E-state index contributed by atoms with van der Waals surface area (Å²) in [5.74, 6) is -31.1. The second kappa shape index (κ2) is 11.9. The minimum atomic E-state index is -2.50. The van der Waals surface area contributed by atoms with Crippen molar-refractivity contribution in [3.63, 3.8) is 0 Å². The van der Waals surface area contributed by atoms with Crippen LogP contribution in [-0.2, 0) is 29.0 Å². The van der Waals surface area contributed by atoms with Crippen molar-refractivity contribution >= 4 is 11.9 Å². The average molecular weight is 581 g/mol. The number of hydrogen-bond acceptors (Lipinski definition) is 5. The largest absolute Gasteiger partial charge is 0.420 e. The summed E-state index contributed by atoms with van der Waals surface area (Å²) in [7, 11) is 0. The van der Waals surface area contributed by atoms with Gasteiger partial charge in [0.15, 0.2) is 0 Å². The van der Waals surface area contributed by atoms with Gasteiger partial charge in [-0.15, -0.1) is 0 Å². The van der Waals surface area contributed by atoms with Crippen LogP contribution < -0.4 is 9.47 Å². The summed E-state index contributed by atoms with van der Waals surface area (Å²) in [6.07, 6.45) is -1.85. The van der Waals surface area contributed by atoms with Crippen molar-refractivity contribution in [2.24, 2.45) is 5.11 Å². The number of azide groups is 1. The van der Waals surface area contributed by atoms with Gasteiger partial charge in [0.2, 0.25) is 69.7 Å². The average Bonchev–Trinajstić information content (AvgIpc) is 2.92. The zero-order chi connectivity index (χ0) is 29.9. The summed E-state index contributed by atoms with van der Waals surface area (Å²) in [6, 6.07) is 3.31. The minimum absolute atomic E-state index is 0.0679. The van der Waals surface area contributed by atoms with E-state index in [0.717, 1.165) is 18.2 Å². The van der Waals surface area contributed by atoms with Crippen LogP contribution in [0.1, 0.15) is 16.7 Å². The van der Waals surface area contributed by atoms with E-state index < -0.39 is 101 Å². The minimum Gasteiger partial charge on any atom is -0.420 e. The first-order chi connectivity index (χ1) is 18.8. The molecule has 3 rings (SSSR count). The van der Waals surface area contributed by atoms with Gasteiger partial charge in [0.1, 0.15) is 0 Å². The van der Waals surface area contributed by atoms with Gasteiger partial charge in [0.25, 0.3) is 0 Å². The molecule has 0 bridgehead atoms. The van der Waals surface area contributed by atoms with Crippen LogP contribution >= 0.6 is 0 Å². The Morgan fingerprint density at radius 2 is 0.875 bits per heavy atom. The van der Waals surface area contributed by atoms with Crippen molar-refractivity contribution in [2.45, 2.75) is 19.4 Å². The number of halogens is 10. The van der Waals surface area contributed by atoms with Gasteiger partial charge in [-0.25, -0.2) is 26.3 Å². The summed E-state index contributed by atoms with van der Waals surface area (Å²) in [4.78, 5) is 26.9. The zero-order valence-electron chi connectivity index (χ0n) is 19.1. The van der Waals surface area contributed by atoms with Crippen LogP contribution in [-0.4, -0.2) is 11.9 Å². The van der Waals surface area contributed by atoms with Crippen LogP contribution in [0, 0.1) is 58.2 Å². The molecule has 3 aromatic rings. The Bertz CT molecular complexity index is 1430. The number of carbonyl (C=O) groups is 2. The third-order valence-corrected chi connectivity index (χ3v) is 4.90. The first-order valence-corrected chi connectivity index (χ1v) is 10.3. The first kappa shape index (κ1) is 29.8. The predicted octanol–water partition coefficient (Wildman–Crippen LogP) is 6.18. The highest BCUT2D eigenvalue weighted by Crippen LogP contribution is 2.31. The van der Waals surface area contributed by atoms with Gasteiger partial charge < -0.3 is 9.47 Å². The van der Waals surface area contributed by atoms with Crippen LogP contribution in [0.4, 0.5) is 43.9 Å². The molecule has 0 N–H and O–H groups in total. The lowest BCUT2D eigenvalue weighted by atomic mass is 10.0. The fraction of sp³-hybridized carbons (Fsp3) is 0.130. The molecule has 3 aromatic carbocycles. The van der Waals surface area contributed by atoms with Crippen molar-refractivity contribution in [1.82, 2.24) is 0 Å². The Hall–Kier alpha value is -4.79. The van der Waals surface area contributed by atoms with Crippen molar-refractivity contribution in [2.75, 3.05) is 0 Å². The molecule has 0 aliphatic carbocycles. The number of ether oxygens (including phenoxy) is 2. The molecule has 17 heteroatoms. The molecule has 0 unspecified atom stereocenters. The highest BCUT2D eigenvalue weighted by Gasteiger charge is 2.30. The molecule has 0 aromatic heterocycles. The zero-order valence-corrected chi connectivity index (χ0v) is 19.1. The first-order valence-electron chi connectivity index (χ1n) is 10.3. The van der Waals surface area contributed by atoms with Crippen LogP contribution in [0.5, 0.6) is 11.5 Å². The lowest BCUT2D eigenvalue weighted by molar-refractivity contribution is -0.134. The molecule has 0 amide bonds. The molecule has 0 fully saturated rings. The summed E-state index contributed by atoms with van der Waals surface area (Å²) in [5.41, 5.74) is 8.27. The topological polar surface area (TPSA) is 101 Å². The smallest absolute Gasteiger partial charge is 0.315 e. The van der Waals surface area contributed by atoms with Crippen LogP contribution in [0.2, 0.25) is 0 Å². The van der Waals surface area contributed by atoms with Gasteiger partial charge in [0.05, 0.1) is 19.4 Å².